The van der Waals surface area contributed by atoms with Crippen molar-refractivity contribution >= 4 is 0 Å². The minimum absolute atomic E-state index is 0.234. The summed E-state index contributed by atoms with van der Waals surface area (Å²) in [5, 5.41) is 20.6. The summed E-state index contributed by atoms with van der Waals surface area (Å²) in [7, 11) is 0. The molecule has 0 bridgehead atoms. The Morgan fingerprint density at radius 2 is 1.81 bits per heavy atom. The van der Waals surface area contributed by atoms with Gasteiger partial charge in [-0.15, -0.1) is 0 Å². The van der Waals surface area contributed by atoms with Crippen LogP contribution in [-0.4, -0.2) is 29.7 Å². The van der Waals surface area contributed by atoms with Crippen LogP contribution in [0.15, 0.2) is 11.6 Å². The number of nitrogens with zero attached hydrogens (tertiary/aromatic N) is 1. The Kier molecular flexibility index (Phi) is 3.54. The van der Waals surface area contributed by atoms with Crippen molar-refractivity contribution in [2.45, 2.75) is 76.6 Å². The zero-order valence-electron chi connectivity index (χ0n) is 16.1. The molecule has 5 aliphatic rings. The van der Waals surface area contributed by atoms with Gasteiger partial charge in [-0.1, -0.05) is 25.5 Å². The van der Waals surface area contributed by atoms with Crippen LogP contribution in [0.2, 0.25) is 0 Å². The molecule has 0 radical (unpaired) electrons. The Bertz CT molecular complexity index is 690. The van der Waals surface area contributed by atoms with Crippen LogP contribution in [0.1, 0.15) is 65.2 Å². The maximum Gasteiger partial charge on any atom is 0.172 e. The second kappa shape index (κ2) is 5.34. The summed E-state index contributed by atoms with van der Waals surface area (Å²) < 4.78 is 12.0. The lowest BCUT2D eigenvalue weighted by Gasteiger charge is -2.59. The van der Waals surface area contributed by atoms with E-state index in [0.717, 1.165) is 58.2 Å². The molecule has 3 saturated carbocycles. The van der Waals surface area contributed by atoms with Crippen molar-refractivity contribution < 1.29 is 14.6 Å². The van der Waals surface area contributed by atoms with Crippen molar-refractivity contribution in [1.29, 1.82) is 5.26 Å². The lowest BCUT2D eigenvalue weighted by molar-refractivity contribution is -0.186. The minimum Gasteiger partial charge on any atom is -0.375 e. The van der Waals surface area contributed by atoms with E-state index in [4.69, 9.17) is 9.47 Å². The molecule has 0 aromatic rings. The highest BCUT2D eigenvalue weighted by molar-refractivity contribution is 5.28. The van der Waals surface area contributed by atoms with Crippen molar-refractivity contribution in [1.82, 2.24) is 0 Å². The Balaban J connectivity index is 1.47. The van der Waals surface area contributed by atoms with Gasteiger partial charge in [0.1, 0.15) is 0 Å². The van der Waals surface area contributed by atoms with Gasteiger partial charge in [-0.25, -0.2) is 0 Å². The van der Waals surface area contributed by atoms with Gasteiger partial charge >= 0.3 is 0 Å². The molecular weight excluding hydrogens is 326 g/mol. The minimum atomic E-state index is -1.13. The Hall–Kier alpha value is -0.890. The predicted octanol–water partition coefficient (Wildman–Crippen LogP) is 3.95. The highest BCUT2D eigenvalue weighted by Gasteiger charge is 2.64. The average Bonchev–Trinajstić information content (AvgIpc) is 3.19. The van der Waals surface area contributed by atoms with Crippen molar-refractivity contribution in [3.63, 3.8) is 0 Å². The van der Waals surface area contributed by atoms with E-state index in [-0.39, 0.29) is 16.6 Å². The molecule has 1 aliphatic heterocycles. The fourth-order valence-corrected chi connectivity index (χ4v) is 7.55. The van der Waals surface area contributed by atoms with E-state index >= 15 is 0 Å². The zero-order chi connectivity index (χ0) is 18.2. The first-order valence-corrected chi connectivity index (χ1v) is 10.5. The third-order valence-corrected chi connectivity index (χ3v) is 9.26. The molecule has 26 heavy (non-hydrogen) atoms. The third kappa shape index (κ3) is 2.00. The van der Waals surface area contributed by atoms with Crippen LogP contribution in [0.4, 0.5) is 0 Å². The van der Waals surface area contributed by atoms with Crippen LogP contribution in [-0.2, 0) is 9.47 Å². The molecule has 5 rings (SSSR count). The Morgan fingerprint density at radius 3 is 2.54 bits per heavy atom. The topological polar surface area (TPSA) is 62.5 Å². The second-order valence-electron chi connectivity index (χ2n) is 10.0. The van der Waals surface area contributed by atoms with E-state index in [9.17, 15) is 10.4 Å². The fourth-order valence-electron chi connectivity index (χ4n) is 7.55. The number of nitriles is 1. The molecule has 1 saturated heterocycles. The maximum absolute atomic E-state index is 11.0. The zero-order valence-corrected chi connectivity index (χ0v) is 16.1. The lowest BCUT2D eigenvalue weighted by Crippen LogP contribution is -2.55. The van der Waals surface area contributed by atoms with Gasteiger partial charge in [-0.2, -0.15) is 5.26 Å². The van der Waals surface area contributed by atoms with Gasteiger partial charge < -0.3 is 14.6 Å². The molecule has 6 atom stereocenters. The summed E-state index contributed by atoms with van der Waals surface area (Å²) in [6, 6.07) is 2.28. The van der Waals surface area contributed by atoms with E-state index in [1.54, 1.807) is 5.57 Å². The predicted molar refractivity (Wildman–Crippen MR) is 96.9 cm³/mol. The smallest absolute Gasteiger partial charge is 0.172 e. The summed E-state index contributed by atoms with van der Waals surface area (Å²) in [4.78, 5) is 0. The molecule has 4 heteroatoms. The highest BCUT2D eigenvalue weighted by Crippen LogP contribution is 2.67. The molecule has 0 unspecified atom stereocenters. The van der Waals surface area contributed by atoms with Crippen molar-refractivity contribution in [2.24, 2.45) is 28.6 Å². The number of aliphatic hydroxyl groups is 1. The van der Waals surface area contributed by atoms with Gasteiger partial charge in [0.05, 0.1) is 19.3 Å². The third-order valence-electron chi connectivity index (χ3n) is 9.26. The monoisotopic (exact) mass is 357 g/mol. The van der Waals surface area contributed by atoms with Gasteiger partial charge in [0, 0.05) is 18.3 Å². The Morgan fingerprint density at radius 1 is 1.08 bits per heavy atom. The van der Waals surface area contributed by atoms with Crippen molar-refractivity contribution in [2.75, 3.05) is 13.2 Å². The summed E-state index contributed by atoms with van der Waals surface area (Å²) in [6.07, 6.45) is 10.4. The normalized spacial score (nSPS) is 51.9. The summed E-state index contributed by atoms with van der Waals surface area (Å²) in [5.74, 6) is 1.38. The van der Waals surface area contributed by atoms with Gasteiger partial charge in [-0.3, -0.25) is 0 Å². The SMILES string of the molecule is C[C@]12CC[C@@H]3[C@H](CC=C4CC5(CC[C@]43C)OCCO5)[C@H]1CC[C@@]2(O)C#N. The second-order valence-corrected chi connectivity index (χ2v) is 10.0. The molecule has 0 aromatic heterocycles. The molecule has 4 nitrogen and oxygen atoms in total. The number of hydrogen-bond acceptors (Lipinski definition) is 4. The molecule has 1 spiro atoms. The molecule has 1 N–H and O–H groups in total. The van der Waals surface area contributed by atoms with Gasteiger partial charge in [0.2, 0.25) is 0 Å². The first-order valence-electron chi connectivity index (χ1n) is 10.5. The largest absolute Gasteiger partial charge is 0.375 e. The summed E-state index contributed by atoms with van der Waals surface area (Å²) in [5.41, 5.74) is 0.412. The standard InChI is InChI=1S/C22H31NO3/c1-19-9-10-22(25-11-12-26-22)13-15(19)3-4-16-17(19)5-7-20(2)18(16)6-8-21(20,24)14-23/h3,16-18,24H,4-13H2,1-2H3/t16-,17+,18+,19+,20-,21+/m0/s1. The van der Waals surface area contributed by atoms with Crippen molar-refractivity contribution in [3.8, 4) is 6.07 Å². The number of fused-ring (bicyclic) bond motifs is 5. The van der Waals surface area contributed by atoms with Crippen LogP contribution >= 0.6 is 0 Å². The first-order chi connectivity index (χ1) is 12.4. The first kappa shape index (κ1) is 17.2. The van der Waals surface area contributed by atoms with Gasteiger partial charge in [0.25, 0.3) is 0 Å². The summed E-state index contributed by atoms with van der Waals surface area (Å²) >= 11 is 0. The Labute approximate surface area is 156 Å². The molecule has 4 fully saturated rings. The van der Waals surface area contributed by atoms with E-state index in [1.165, 1.54) is 0 Å². The average molecular weight is 357 g/mol. The molecule has 1 heterocycles. The van der Waals surface area contributed by atoms with E-state index < -0.39 is 5.60 Å². The van der Waals surface area contributed by atoms with Crippen molar-refractivity contribution in [3.05, 3.63) is 11.6 Å². The number of rotatable bonds is 0. The molecule has 4 aliphatic carbocycles. The molecule has 0 amide bonds. The van der Waals surface area contributed by atoms with Crippen LogP contribution < -0.4 is 0 Å². The van der Waals surface area contributed by atoms with Crippen LogP contribution in [0.3, 0.4) is 0 Å². The highest BCUT2D eigenvalue weighted by atomic mass is 16.7. The van der Waals surface area contributed by atoms with Crippen LogP contribution in [0.25, 0.3) is 0 Å². The van der Waals surface area contributed by atoms with Crippen LogP contribution in [0.5, 0.6) is 0 Å². The lowest BCUT2D eigenvalue weighted by atomic mass is 9.47. The van der Waals surface area contributed by atoms with Gasteiger partial charge in [-0.05, 0) is 61.7 Å². The van der Waals surface area contributed by atoms with E-state index in [0.29, 0.717) is 24.2 Å². The fraction of sp³-hybridized carbons (Fsp3) is 0.864. The molecular formula is C22H31NO3. The number of allylic oxidation sites excluding steroid dienone is 1. The van der Waals surface area contributed by atoms with E-state index in [2.05, 4.69) is 26.0 Å². The number of hydrogen-bond donors (Lipinski definition) is 1. The maximum atomic E-state index is 11.0. The molecule has 0 aromatic carbocycles. The van der Waals surface area contributed by atoms with Gasteiger partial charge in [0.15, 0.2) is 11.4 Å². The summed E-state index contributed by atoms with van der Waals surface area (Å²) in [6.45, 7) is 6.10. The molecule has 142 valence electrons. The quantitative estimate of drug-likeness (QED) is 0.527. The number of ether oxygens (including phenoxy) is 2. The van der Waals surface area contributed by atoms with Crippen LogP contribution in [0, 0.1) is 39.9 Å². The van der Waals surface area contributed by atoms with E-state index in [1.807, 2.05) is 0 Å².